The molecule has 1 N–H and O–H groups in total. The third kappa shape index (κ3) is 5.32. The number of rotatable bonds is 8. The number of amides is 1. The van der Waals surface area contributed by atoms with Crippen LogP contribution in [0.2, 0.25) is 0 Å². The number of nitrogens with one attached hydrogen (secondary N) is 1. The summed E-state index contributed by atoms with van der Waals surface area (Å²) in [6, 6.07) is 8.30. The highest BCUT2D eigenvalue weighted by Crippen LogP contribution is 2.20. The Labute approximate surface area is 161 Å². The van der Waals surface area contributed by atoms with E-state index in [0.29, 0.717) is 11.6 Å². The maximum atomic E-state index is 12.6. The molecule has 1 aromatic heterocycles. The second kappa shape index (κ2) is 9.55. The molecule has 1 aromatic carbocycles. The zero-order valence-corrected chi connectivity index (χ0v) is 16.4. The molecule has 3 rings (SSSR count). The summed E-state index contributed by atoms with van der Waals surface area (Å²) in [7, 11) is 1.71. The predicted molar refractivity (Wildman–Crippen MR) is 106 cm³/mol. The number of hydrogen-bond donors (Lipinski definition) is 1. The summed E-state index contributed by atoms with van der Waals surface area (Å²) in [5.41, 5.74) is 1.88. The maximum absolute atomic E-state index is 12.6. The normalized spacial score (nSPS) is 17.6. The zero-order chi connectivity index (χ0) is 19.1. The van der Waals surface area contributed by atoms with Crippen molar-refractivity contribution >= 4 is 5.91 Å². The molecule has 1 atom stereocenters. The van der Waals surface area contributed by atoms with E-state index in [4.69, 9.17) is 4.74 Å². The van der Waals surface area contributed by atoms with E-state index in [2.05, 4.69) is 27.0 Å². The summed E-state index contributed by atoms with van der Waals surface area (Å²) in [5, 5.41) is 0. The Kier molecular flexibility index (Phi) is 6.87. The molecular weight excluding hydrogens is 340 g/mol. The van der Waals surface area contributed by atoms with Gasteiger partial charge >= 0.3 is 0 Å². The van der Waals surface area contributed by atoms with Crippen molar-refractivity contribution in [1.29, 1.82) is 0 Å². The van der Waals surface area contributed by atoms with E-state index >= 15 is 0 Å². The van der Waals surface area contributed by atoms with Gasteiger partial charge in [-0.3, -0.25) is 4.79 Å². The van der Waals surface area contributed by atoms with E-state index in [0.717, 1.165) is 44.9 Å². The lowest BCUT2D eigenvalue weighted by molar-refractivity contribution is 0.0685. The molecule has 27 heavy (non-hydrogen) atoms. The average molecular weight is 370 g/mol. The Morgan fingerprint density at radius 2 is 2.33 bits per heavy atom. The molecule has 0 bridgehead atoms. The zero-order valence-electron chi connectivity index (χ0n) is 16.4. The molecule has 0 spiro atoms. The molecule has 1 saturated heterocycles. The number of methoxy groups -OCH3 is 1. The van der Waals surface area contributed by atoms with Gasteiger partial charge in [-0.05, 0) is 56.3 Å². The van der Waals surface area contributed by atoms with Crippen molar-refractivity contribution in [1.82, 2.24) is 19.8 Å². The van der Waals surface area contributed by atoms with Crippen molar-refractivity contribution in [3.05, 3.63) is 48.0 Å². The van der Waals surface area contributed by atoms with Gasteiger partial charge in [-0.25, -0.2) is 4.98 Å². The third-order valence-electron chi connectivity index (χ3n) is 5.33. The quantitative estimate of drug-likeness (QED) is 0.776. The summed E-state index contributed by atoms with van der Waals surface area (Å²) >= 11 is 0. The van der Waals surface area contributed by atoms with Crippen LogP contribution in [0.25, 0.3) is 0 Å². The molecule has 1 fully saturated rings. The van der Waals surface area contributed by atoms with Gasteiger partial charge in [-0.15, -0.1) is 0 Å². The van der Waals surface area contributed by atoms with E-state index in [1.165, 1.54) is 18.4 Å². The molecule has 6 nitrogen and oxygen atoms in total. The van der Waals surface area contributed by atoms with Gasteiger partial charge in [0.1, 0.15) is 11.4 Å². The SMILES string of the molecule is CCN(CC1CCCN(CCc2cccc(OC)c2)C1)C(=O)c1cnc[nH]1. The first kappa shape index (κ1) is 19.4. The van der Waals surface area contributed by atoms with Gasteiger partial charge in [0, 0.05) is 26.2 Å². The Hall–Kier alpha value is -2.34. The van der Waals surface area contributed by atoms with Crippen LogP contribution in [0.4, 0.5) is 0 Å². The van der Waals surface area contributed by atoms with Crippen LogP contribution in [0.1, 0.15) is 35.8 Å². The first-order valence-electron chi connectivity index (χ1n) is 9.82. The fraction of sp³-hybridized carbons (Fsp3) is 0.524. The number of aromatic amines is 1. The van der Waals surface area contributed by atoms with E-state index in [1.54, 1.807) is 19.6 Å². The summed E-state index contributed by atoms with van der Waals surface area (Å²) in [4.78, 5) is 23.9. The van der Waals surface area contributed by atoms with Gasteiger partial charge < -0.3 is 19.5 Å². The van der Waals surface area contributed by atoms with Gasteiger partial charge in [-0.1, -0.05) is 12.1 Å². The summed E-state index contributed by atoms with van der Waals surface area (Å²) in [6.07, 6.45) is 6.56. The summed E-state index contributed by atoms with van der Waals surface area (Å²) in [6.45, 7) is 6.81. The lowest BCUT2D eigenvalue weighted by atomic mass is 9.96. The molecule has 1 amide bonds. The topological polar surface area (TPSA) is 61.5 Å². The first-order chi connectivity index (χ1) is 13.2. The first-order valence-corrected chi connectivity index (χ1v) is 9.82. The van der Waals surface area contributed by atoms with Crippen LogP contribution in [0.5, 0.6) is 5.75 Å². The third-order valence-corrected chi connectivity index (χ3v) is 5.33. The minimum Gasteiger partial charge on any atom is -0.497 e. The summed E-state index contributed by atoms with van der Waals surface area (Å²) in [5.74, 6) is 1.49. The maximum Gasteiger partial charge on any atom is 0.271 e. The van der Waals surface area contributed by atoms with Crippen molar-refractivity contribution in [2.45, 2.75) is 26.2 Å². The largest absolute Gasteiger partial charge is 0.497 e. The number of likely N-dealkylation sites (tertiary alicyclic amines) is 1. The van der Waals surface area contributed by atoms with Crippen molar-refractivity contribution in [2.24, 2.45) is 5.92 Å². The van der Waals surface area contributed by atoms with Gasteiger partial charge in [0.25, 0.3) is 5.91 Å². The Balaban J connectivity index is 1.51. The number of aromatic nitrogens is 2. The minimum atomic E-state index is 0.0449. The van der Waals surface area contributed by atoms with Crippen molar-refractivity contribution in [3.8, 4) is 5.75 Å². The Morgan fingerprint density at radius 1 is 1.44 bits per heavy atom. The molecular formula is C21H30N4O2. The fourth-order valence-corrected chi connectivity index (χ4v) is 3.83. The number of benzene rings is 1. The van der Waals surface area contributed by atoms with Crippen molar-refractivity contribution in [2.75, 3.05) is 39.8 Å². The predicted octanol–water partition coefficient (Wildman–Crippen LogP) is 2.84. The minimum absolute atomic E-state index is 0.0449. The van der Waals surface area contributed by atoms with Gasteiger partial charge in [0.15, 0.2) is 0 Å². The van der Waals surface area contributed by atoms with E-state index < -0.39 is 0 Å². The number of hydrogen-bond acceptors (Lipinski definition) is 4. The second-order valence-corrected chi connectivity index (χ2v) is 7.22. The van der Waals surface area contributed by atoms with Crippen molar-refractivity contribution in [3.63, 3.8) is 0 Å². The molecule has 2 heterocycles. The highest BCUT2D eigenvalue weighted by Gasteiger charge is 2.24. The molecule has 1 aliphatic heterocycles. The highest BCUT2D eigenvalue weighted by atomic mass is 16.5. The number of carbonyl (C=O) groups excluding carboxylic acids is 1. The smallest absolute Gasteiger partial charge is 0.271 e. The van der Waals surface area contributed by atoms with Gasteiger partial charge in [-0.2, -0.15) is 0 Å². The van der Waals surface area contributed by atoms with Gasteiger partial charge in [0.05, 0.1) is 19.6 Å². The molecule has 146 valence electrons. The molecule has 1 unspecified atom stereocenters. The second-order valence-electron chi connectivity index (χ2n) is 7.22. The number of ether oxygens (including phenoxy) is 1. The number of H-pyrrole nitrogens is 1. The van der Waals surface area contributed by atoms with E-state index in [9.17, 15) is 4.79 Å². The van der Waals surface area contributed by atoms with Crippen LogP contribution in [-0.4, -0.2) is 65.5 Å². The molecule has 0 saturated carbocycles. The van der Waals surface area contributed by atoms with E-state index in [-0.39, 0.29) is 5.91 Å². The average Bonchev–Trinajstić information content (AvgIpc) is 3.25. The van der Waals surface area contributed by atoms with Gasteiger partial charge in [0.2, 0.25) is 0 Å². The van der Waals surface area contributed by atoms with Crippen LogP contribution in [-0.2, 0) is 6.42 Å². The van der Waals surface area contributed by atoms with E-state index in [1.807, 2.05) is 24.0 Å². The van der Waals surface area contributed by atoms with Crippen molar-refractivity contribution < 1.29 is 9.53 Å². The van der Waals surface area contributed by atoms with Crippen LogP contribution in [0, 0.1) is 5.92 Å². The number of nitrogens with zero attached hydrogens (tertiary/aromatic N) is 3. The monoisotopic (exact) mass is 370 g/mol. The number of imidazole rings is 1. The van der Waals surface area contributed by atoms with Crippen LogP contribution < -0.4 is 4.74 Å². The molecule has 0 radical (unpaired) electrons. The Bertz CT molecular complexity index is 717. The molecule has 0 aliphatic carbocycles. The molecule has 2 aromatic rings. The molecule has 1 aliphatic rings. The highest BCUT2D eigenvalue weighted by molar-refractivity contribution is 5.92. The lowest BCUT2D eigenvalue weighted by Gasteiger charge is -2.35. The number of carbonyl (C=O) groups is 1. The standard InChI is InChI=1S/C21H30N4O2/c1-3-25(21(26)20-13-22-16-23-20)15-18-7-5-10-24(14-18)11-9-17-6-4-8-19(12-17)27-2/h4,6,8,12-13,16,18H,3,5,7,9-11,14-15H2,1-2H3,(H,22,23). The van der Waals surface area contributed by atoms with Crippen LogP contribution in [0.3, 0.4) is 0 Å². The van der Waals surface area contributed by atoms with Crippen LogP contribution in [0.15, 0.2) is 36.8 Å². The number of piperidine rings is 1. The fourth-order valence-electron chi connectivity index (χ4n) is 3.83. The molecule has 6 heteroatoms. The summed E-state index contributed by atoms with van der Waals surface area (Å²) < 4.78 is 5.31. The Morgan fingerprint density at radius 3 is 3.07 bits per heavy atom. The lowest BCUT2D eigenvalue weighted by Crippen LogP contribution is -2.43. The van der Waals surface area contributed by atoms with Crippen LogP contribution >= 0.6 is 0 Å².